The van der Waals surface area contributed by atoms with Gasteiger partial charge >= 0.3 is 0 Å². The second-order valence-electron chi connectivity index (χ2n) is 4.79. The normalized spacial score (nSPS) is 13.6. The molecule has 0 aliphatic carbocycles. The molecule has 2 aromatic rings. The summed E-state index contributed by atoms with van der Waals surface area (Å²) in [6, 6.07) is 2.83. The van der Waals surface area contributed by atoms with E-state index >= 15 is 0 Å². The molecule has 108 valence electrons. The van der Waals surface area contributed by atoms with Crippen LogP contribution in [-0.2, 0) is 16.6 Å². The number of nitrogens with one attached hydrogen (secondary N) is 1. The van der Waals surface area contributed by atoms with E-state index in [1.165, 1.54) is 18.5 Å². The van der Waals surface area contributed by atoms with Crippen LogP contribution in [-0.4, -0.2) is 34.4 Å². The van der Waals surface area contributed by atoms with Gasteiger partial charge in [-0.3, -0.25) is 9.67 Å². The summed E-state index contributed by atoms with van der Waals surface area (Å²) in [5, 5.41) is 7.58. The lowest BCUT2D eigenvalue weighted by atomic mass is 10.1. The van der Waals surface area contributed by atoms with E-state index in [0.29, 0.717) is 6.54 Å². The van der Waals surface area contributed by atoms with Crippen LogP contribution in [0.15, 0.2) is 41.8 Å². The lowest BCUT2D eigenvalue weighted by Gasteiger charge is -2.21. The van der Waals surface area contributed by atoms with Crippen molar-refractivity contribution in [3.05, 3.63) is 36.9 Å². The number of aromatic nitrogens is 4. The summed E-state index contributed by atoms with van der Waals surface area (Å²) in [6.45, 7) is 4.33. The molecule has 2 rings (SSSR count). The van der Waals surface area contributed by atoms with Gasteiger partial charge in [-0.25, -0.2) is 13.1 Å². The first-order chi connectivity index (χ1) is 9.49. The van der Waals surface area contributed by atoms with Crippen molar-refractivity contribution < 1.29 is 8.42 Å². The highest BCUT2D eigenvalue weighted by Gasteiger charge is 2.23. The second kappa shape index (κ2) is 6.10. The van der Waals surface area contributed by atoms with Crippen LogP contribution >= 0.6 is 0 Å². The highest BCUT2D eigenvalue weighted by atomic mass is 32.2. The van der Waals surface area contributed by atoms with Gasteiger partial charge in [-0.05, 0) is 18.1 Å². The minimum atomic E-state index is -3.58. The molecule has 8 heteroatoms. The highest BCUT2D eigenvalue weighted by Crippen LogP contribution is 2.11. The smallest absolute Gasteiger partial charge is 0.242 e. The van der Waals surface area contributed by atoms with Crippen molar-refractivity contribution >= 4 is 10.0 Å². The van der Waals surface area contributed by atoms with Crippen LogP contribution in [0.5, 0.6) is 0 Å². The third kappa shape index (κ3) is 3.61. The van der Waals surface area contributed by atoms with Crippen LogP contribution in [0, 0.1) is 5.92 Å². The largest absolute Gasteiger partial charge is 0.263 e. The Morgan fingerprint density at radius 1 is 1.35 bits per heavy atom. The maximum Gasteiger partial charge on any atom is 0.242 e. The molecule has 0 spiro atoms. The average Bonchev–Trinajstić information content (AvgIpc) is 2.91. The van der Waals surface area contributed by atoms with Crippen molar-refractivity contribution in [2.24, 2.45) is 5.92 Å². The van der Waals surface area contributed by atoms with E-state index in [4.69, 9.17) is 0 Å². The van der Waals surface area contributed by atoms with Crippen LogP contribution in [0.25, 0.3) is 0 Å². The number of sulfonamides is 1. The lowest BCUT2D eigenvalue weighted by Crippen LogP contribution is -2.41. The Bertz CT molecular complexity index is 625. The summed E-state index contributed by atoms with van der Waals surface area (Å²) in [7, 11) is -3.58. The Morgan fingerprint density at radius 3 is 2.70 bits per heavy atom. The van der Waals surface area contributed by atoms with E-state index < -0.39 is 10.0 Å². The van der Waals surface area contributed by atoms with Gasteiger partial charge in [0.1, 0.15) is 4.90 Å². The topological polar surface area (TPSA) is 89.8 Å². The third-order valence-electron chi connectivity index (χ3n) is 2.91. The summed E-state index contributed by atoms with van der Waals surface area (Å²) < 4.78 is 28.9. The summed E-state index contributed by atoms with van der Waals surface area (Å²) in [4.78, 5) is 3.99. The maximum absolute atomic E-state index is 12.3. The van der Waals surface area contributed by atoms with Crippen molar-refractivity contribution in [2.75, 3.05) is 0 Å². The van der Waals surface area contributed by atoms with E-state index in [1.807, 2.05) is 13.8 Å². The highest BCUT2D eigenvalue weighted by molar-refractivity contribution is 7.89. The molecule has 2 heterocycles. The predicted molar refractivity (Wildman–Crippen MR) is 73.2 cm³/mol. The van der Waals surface area contributed by atoms with Gasteiger partial charge in [-0.15, -0.1) is 5.10 Å². The van der Waals surface area contributed by atoms with Crippen molar-refractivity contribution in [1.29, 1.82) is 0 Å². The Balaban J connectivity index is 2.16. The van der Waals surface area contributed by atoms with E-state index in [2.05, 4.69) is 20.0 Å². The summed E-state index contributed by atoms with van der Waals surface area (Å²) in [6.07, 6.45) is 6.13. The van der Waals surface area contributed by atoms with Gasteiger partial charge < -0.3 is 0 Å². The Kier molecular flexibility index (Phi) is 4.46. The predicted octanol–water partition coefficient (Wildman–Crippen LogP) is 0.676. The summed E-state index contributed by atoms with van der Waals surface area (Å²) in [5.41, 5.74) is 0. The van der Waals surface area contributed by atoms with Crippen LogP contribution in [0.1, 0.15) is 13.8 Å². The van der Waals surface area contributed by atoms with Crippen molar-refractivity contribution in [3.8, 4) is 0 Å². The van der Waals surface area contributed by atoms with Crippen LogP contribution < -0.4 is 4.72 Å². The van der Waals surface area contributed by atoms with E-state index in [1.54, 1.807) is 23.1 Å². The molecule has 1 N–H and O–H groups in total. The molecule has 0 aliphatic heterocycles. The van der Waals surface area contributed by atoms with E-state index in [9.17, 15) is 8.42 Å². The van der Waals surface area contributed by atoms with E-state index in [0.717, 1.165) is 0 Å². The Morgan fingerprint density at radius 2 is 2.15 bits per heavy atom. The molecular weight excluding hydrogens is 278 g/mol. The van der Waals surface area contributed by atoms with Gasteiger partial charge in [0.15, 0.2) is 0 Å². The molecule has 7 nitrogen and oxygen atoms in total. The monoisotopic (exact) mass is 295 g/mol. The fourth-order valence-electron chi connectivity index (χ4n) is 1.69. The minimum Gasteiger partial charge on any atom is -0.263 e. The first-order valence-electron chi connectivity index (χ1n) is 6.25. The lowest BCUT2D eigenvalue weighted by molar-refractivity contribution is 0.378. The molecule has 0 amide bonds. The summed E-state index contributed by atoms with van der Waals surface area (Å²) >= 11 is 0. The molecule has 0 aromatic carbocycles. The molecule has 0 saturated heterocycles. The Hall–Kier alpha value is -1.80. The standard InChI is InChI=1S/C12H17N5O2S/c1-10(2)12(9-17-7-6-14-16-17)15-20(18,19)11-4-3-5-13-8-11/h3-8,10,12,15H,9H2,1-2H3. The summed E-state index contributed by atoms with van der Waals surface area (Å²) in [5.74, 6) is 0.116. The van der Waals surface area contributed by atoms with Gasteiger partial charge in [0, 0.05) is 24.6 Å². The molecule has 0 aliphatic rings. The number of nitrogens with zero attached hydrogens (tertiary/aromatic N) is 4. The van der Waals surface area contributed by atoms with E-state index in [-0.39, 0.29) is 16.9 Å². The SMILES string of the molecule is CC(C)C(Cn1ccnn1)NS(=O)(=O)c1cccnc1. The first kappa shape index (κ1) is 14.6. The van der Waals surface area contributed by atoms with Gasteiger partial charge in [-0.1, -0.05) is 19.1 Å². The fraction of sp³-hybridized carbons (Fsp3) is 0.417. The van der Waals surface area contributed by atoms with Gasteiger partial charge in [0.25, 0.3) is 0 Å². The quantitative estimate of drug-likeness (QED) is 0.846. The zero-order chi connectivity index (χ0) is 14.6. The number of rotatable bonds is 6. The molecule has 0 radical (unpaired) electrons. The molecule has 0 fully saturated rings. The van der Waals surface area contributed by atoms with Crippen molar-refractivity contribution in [1.82, 2.24) is 24.7 Å². The fourth-order valence-corrected chi connectivity index (χ4v) is 3.03. The van der Waals surface area contributed by atoms with Gasteiger partial charge in [0.05, 0.1) is 12.7 Å². The number of hydrogen-bond donors (Lipinski definition) is 1. The molecule has 0 saturated carbocycles. The first-order valence-corrected chi connectivity index (χ1v) is 7.74. The van der Waals surface area contributed by atoms with Crippen LogP contribution in [0.3, 0.4) is 0 Å². The number of pyridine rings is 1. The van der Waals surface area contributed by atoms with Gasteiger partial charge in [0.2, 0.25) is 10.0 Å². The average molecular weight is 295 g/mol. The molecular formula is C12H17N5O2S. The minimum absolute atomic E-state index is 0.116. The molecule has 20 heavy (non-hydrogen) atoms. The zero-order valence-electron chi connectivity index (χ0n) is 11.3. The van der Waals surface area contributed by atoms with Crippen LogP contribution in [0.2, 0.25) is 0 Å². The molecule has 1 unspecified atom stereocenters. The maximum atomic E-state index is 12.3. The molecule has 2 aromatic heterocycles. The number of hydrogen-bond acceptors (Lipinski definition) is 5. The van der Waals surface area contributed by atoms with Gasteiger partial charge in [-0.2, -0.15) is 0 Å². The zero-order valence-corrected chi connectivity index (χ0v) is 12.2. The third-order valence-corrected chi connectivity index (χ3v) is 4.39. The second-order valence-corrected chi connectivity index (χ2v) is 6.50. The Labute approximate surface area is 118 Å². The molecule has 1 atom stereocenters. The molecule has 0 bridgehead atoms. The van der Waals surface area contributed by atoms with Crippen molar-refractivity contribution in [3.63, 3.8) is 0 Å². The van der Waals surface area contributed by atoms with Crippen molar-refractivity contribution in [2.45, 2.75) is 31.3 Å². The van der Waals surface area contributed by atoms with Crippen LogP contribution in [0.4, 0.5) is 0 Å².